The van der Waals surface area contributed by atoms with E-state index in [1.54, 1.807) is 0 Å². The second-order valence-corrected chi connectivity index (χ2v) is 7.33. The van der Waals surface area contributed by atoms with Crippen LogP contribution in [0.3, 0.4) is 0 Å². The van der Waals surface area contributed by atoms with Crippen molar-refractivity contribution in [1.82, 2.24) is 4.57 Å². The van der Waals surface area contributed by atoms with Crippen molar-refractivity contribution < 1.29 is 0 Å². The van der Waals surface area contributed by atoms with E-state index in [4.69, 9.17) is 0 Å². The molecule has 3 aliphatic heterocycles. The molecule has 3 heteroatoms. The molecule has 23 heavy (non-hydrogen) atoms. The molecule has 0 radical (unpaired) electrons. The van der Waals surface area contributed by atoms with Crippen molar-refractivity contribution in [3.05, 3.63) is 75.4 Å². The van der Waals surface area contributed by atoms with Gasteiger partial charge >= 0.3 is 0 Å². The highest BCUT2D eigenvalue weighted by atomic mass is 79.9. The molecule has 1 N–H and O–H groups in total. The fourth-order valence-corrected chi connectivity index (χ4v) is 4.96. The van der Waals surface area contributed by atoms with Gasteiger partial charge in [0.05, 0.1) is 22.8 Å². The number of aromatic nitrogens is 1. The summed E-state index contributed by atoms with van der Waals surface area (Å²) in [5.74, 6) is 0. The number of hydrogen-bond acceptors (Lipinski definition) is 1. The van der Waals surface area contributed by atoms with Crippen LogP contribution >= 0.6 is 15.9 Å². The molecule has 4 heterocycles. The zero-order valence-corrected chi connectivity index (χ0v) is 13.8. The SMILES string of the molecule is BrC1=CC2C3Nc4ccccc4C3=c3c4ccccc4c(n32)=C1. The van der Waals surface area contributed by atoms with Crippen LogP contribution in [-0.4, -0.2) is 10.6 Å². The van der Waals surface area contributed by atoms with Gasteiger partial charge in [0.25, 0.3) is 0 Å². The maximum Gasteiger partial charge on any atom is 0.0785 e. The van der Waals surface area contributed by atoms with Crippen molar-refractivity contribution >= 4 is 44.0 Å². The number of hydrogen-bond donors (Lipinski definition) is 1. The molecule has 0 aliphatic carbocycles. The summed E-state index contributed by atoms with van der Waals surface area (Å²) in [4.78, 5) is 0. The maximum atomic E-state index is 3.74. The predicted molar refractivity (Wildman–Crippen MR) is 98.1 cm³/mol. The van der Waals surface area contributed by atoms with Crippen molar-refractivity contribution in [2.75, 3.05) is 5.32 Å². The Morgan fingerprint density at radius 2 is 1.74 bits per heavy atom. The summed E-state index contributed by atoms with van der Waals surface area (Å²) in [7, 11) is 0. The molecule has 2 unspecified atom stereocenters. The van der Waals surface area contributed by atoms with Crippen molar-refractivity contribution in [1.29, 1.82) is 0 Å². The Bertz CT molecular complexity index is 1170. The minimum absolute atomic E-state index is 0.326. The molecule has 6 rings (SSSR count). The van der Waals surface area contributed by atoms with Gasteiger partial charge in [-0.3, -0.25) is 0 Å². The van der Waals surface area contributed by atoms with Gasteiger partial charge in [-0.2, -0.15) is 0 Å². The first-order valence-corrected chi connectivity index (χ1v) is 8.70. The van der Waals surface area contributed by atoms with E-state index in [1.807, 2.05) is 0 Å². The highest BCUT2D eigenvalue weighted by Crippen LogP contribution is 2.42. The van der Waals surface area contributed by atoms with E-state index in [0.717, 1.165) is 0 Å². The van der Waals surface area contributed by atoms with Crippen LogP contribution in [0.5, 0.6) is 0 Å². The third-order valence-electron chi connectivity index (χ3n) is 5.30. The van der Waals surface area contributed by atoms with E-state index in [-0.39, 0.29) is 0 Å². The molecule has 0 fully saturated rings. The number of para-hydroxylation sites is 1. The van der Waals surface area contributed by atoms with Crippen LogP contribution in [0.2, 0.25) is 0 Å². The highest BCUT2D eigenvalue weighted by molar-refractivity contribution is 9.12. The number of rotatable bonds is 0. The molecular weight excluding hydrogens is 348 g/mol. The van der Waals surface area contributed by atoms with Crippen LogP contribution in [-0.2, 0) is 0 Å². The average Bonchev–Trinajstić information content (AvgIpc) is 3.19. The zero-order chi connectivity index (χ0) is 15.1. The monoisotopic (exact) mass is 360 g/mol. The lowest BCUT2D eigenvalue weighted by atomic mass is 9.97. The van der Waals surface area contributed by atoms with Crippen molar-refractivity contribution in [2.45, 2.75) is 12.1 Å². The standard InChI is InChI=1S/C20H13BrN2/c21-11-9-16-12-5-1-2-6-13(12)20-18-14-7-3-4-8-15(14)22-19(18)17(10-11)23(16)20/h1-10,17,19,22H. The number of nitrogens with zero attached hydrogens (tertiary/aromatic N) is 1. The molecule has 2 aromatic carbocycles. The van der Waals surface area contributed by atoms with Crippen molar-refractivity contribution in [3.63, 3.8) is 0 Å². The highest BCUT2D eigenvalue weighted by Gasteiger charge is 2.40. The Morgan fingerprint density at radius 1 is 0.957 bits per heavy atom. The lowest BCUT2D eigenvalue weighted by Gasteiger charge is -2.22. The van der Waals surface area contributed by atoms with Gasteiger partial charge < -0.3 is 9.88 Å². The smallest absolute Gasteiger partial charge is 0.0785 e. The third-order valence-corrected chi connectivity index (χ3v) is 5.79. The van der Waals surface area contributed by atoms with E-state index in [0.29, 0.717) is 12.1 Å². The van der Waals surface area contributed by atoms with Crippen molar-refractivity contribution in [2.24, 2.45) is 0 Å². The largest absolute Gasteiger partial charge is 0.375 e. The van der Waals surface area contributed by atoms with E-state index in [9.17, 15) is 0 Å². The van der Waals surface area contributed by atoms with Crippen LogP contribution in [0.15, 0.2) is 59.1 Å². The second kappa shape index (κ2) is 3.98. The summed E-state index contributed by atoms with van der Waals surface area (Å²) >= 11 is 3.72. The van der Waals surface area contributed by atoms with E-state index in [1.165, 1.54) is 42.8 Å². The maximum absolute atomic E-state index is 3.74. The van der Waals surface area contributed by atoms with Gasteiger partial charge in [0.2, 0.25) is 0 Å². The molecule has 0 saturated carbocycles. The molecule has 0 amide bonds. The fourth-order valence-electron chi connectivity index (χ4n) is 4.47. The molecule has 3 aromatic rings. The van der Waals surface area contributed by atoms with Gasteiger partial charge in [0.1, 0.15) is 0 Å². The topological polar surface area (TPSA) is 17.0 Å². The molecule has 2 atom stereocenters. The van der Waals surface area contributed by atoms with Gasteiger partial charge in [-0.15, -0.1) is 0 Å². The molecule has 0 spiro atoms. The number of halogens is 1. The molecule has 110 valence electrons. The number of nitrogens with one attached hydrogen (secondary N) is 1. The summed E-state index contributed by atoms with van der Waals surface area (Å²) in [5.41, 5.74) is 4.05. The van der Waals surface area contributed by atoms with Crippen LogP contribution in [0, 0.1) is 0 Å². The molecule has 0 bridgehead atoms. The van der Waals surface area contributed by atoms with E-state index >= 15 is 0 Å². The van der Waals surface area contributed by atoms with Crippen molar-refractivity contribution in [3.8, 4) is 0 Å². The first-order valence-electron chi connectivity index (χ1n) is 7.91. The minimum atomic E-state index is 0.326. The van der Waals surface area contributed by atoms with Gasteiger partial charge in [-0.05, 0) is 18.2 Å². The summed E-state index contributed by atoms with van der Waals surface area (Å²) in [6, 6.07) is 18.1. The zero-order valence-electron chi connectivity index (χ0n) is 12.3. The third kappa shape index (κ3) is 1.35. The fraction of sp³-hybridized carbons (Fsp3) is 0.100. The molecule has 0 saturated heterocycles. The van der Waals surface area contributed by atoms with E-state index < -0.39 is 0 Å². The first kappa shape index (κ1) is 12.2. The Kier molecular flexibility index (Phi) is 2.11. The summed E-state index contributed by atoms with van der Waals surface area (Å²) in [6.45, 7) is 0. The Labute approximate surface area is 141 Å². The van der Waals surface area contributed by atoms with Crippen LogP contribution < -0.4 is 16.0 Å². The first-order chi connectivity index (χ1) is 11.3. The number of allylic oxidation sites excluding steroid dienone is 1. The molecule has 1 aromatic heterocycles. The average molecular weight is 361 g/mol. The Hall–Kier alpha value is -2.26. The van der Waals surface area contributed by atoms with Crippen LogP contribution in [0.25, 0.3) is 22.4 Å². The van der Waals surface area contributed by atoms with Gasteiger partial charge in [0, 0.05) is 32.1 Å². The van der Waals surface area contributed by atoms with Crippen LogP contribution in [0.4, 0.5) is 5.69 Å². The van der Waals surface area contributed by atoms with Crippen LogP contribution in [0.1, 0.15) is 11.6 Å². The quantitative estimate of drug-likeness (QED) is 0.651. The number of anilines is 1. The predicted octanol–water partition coefficient (Wildman–Crippen LogP) is 3.26. The molecular formula is C20H13BrN2. The lowest BCUT2D eigenvalue weighted by Crippen LogP contribution is -2.33. The van der Waals surface area contributed by atoms with E-state index in [2.05, 4.69) is 86.5 Å². The normalized spacial score (nSPS) is 23.0. The Morgan fingerprint density at radius 3 is 2.65 bits per heavy atom. The van der Waals surface area contributed by atoms with Gasteiger partial charge in [-0.1, -0.05) is 58.4 Å². The molecule has 3 aliphatic rings. The Balaban J connectivity index is 1.90. The number of benzene rings is 2. The number of fused-ring (bicyclic) bond motifs is 7. The molecule has 2 nitrogen and oxygen atoms in total. The summed E-state index contributed by atoms with van der Waals surface area (Å²) in [5, 5.41) is 9.14. The summed E-state index contributed by atoms with van der Waals surface area (Å²) < 4.78 is 3.68. The van der Waals surface area contributed by atoms with Gasteiger partial charge in [-0.25, -0.2) is 0 Å². The van der Waals surface area contributed by atoms with Gasteiger partial charge in [0.15, 0.2) is 0 Å². The lowest BCUT2D eigenvalue weighted by molar-refractivity contribution is 0.590. The minimum Gasteiger partial charge on any atom is -0.375 e. The second-order valence-electron chi connectivity index (χ2n) is 6.42. The summed E-state index contributed by atoms with van der Waals surface area (Å²) in [6.07, 6.45) is 4.57.